The van der Waals surface area contributed by atoms with Gasteiger partial charge in [-0.15, -0.1) is 24.0 Å². The molecule has 30 heavy (non-hydrogen) atoms. The van der Waals surface area contributed by atoms with Crippen LogP contribution < -0.4 is 15.4 Å². The Morgan fingerprint density at radius 2 is 1.83 bits per heavy atom. The number of hydrogen-bond donors (Lipinski definition) is 2. The van der Waals surface area contributed by atoms with Crippen molar-refractivity contribution in [2.75, 3.05) is 26.7 Å². The normalized spacial score (nSPS) is 14.6. The predicted molar refractivity (Wildman–Crippen MR) is 132 cm³/mol. The van der Waals surface area contributed by atoms with Gasteiger partial charge in [0.1, 0.15) is 11.9 Å². The Morgan fingerprint density at radius 1 is 1.10 bits per heavy atom. The number of carbonyl (C=O) groups excluding carboxylic acids is 1. The molecule has 6 nitrogen and oxygen atoms in total. The second kappa shape index (κ2) is 12.4. The molecule has 1 saturated heterocycles. The lowest BCUT2D eigenvalue weighted by Crippen LogP contribution is -2.47. The highest BCUT2D eigenvalue weighted by Crippen LogP contribution is 2.18. The Bertz CT molecular complexity index is 821. The first-order valence-electron chi connectivity index (χ1n) is 10.2. The van der Waals surface area contributed by atoms with E-state index < -0.39 is 0 Å². The number of hydrogen-bond acceptors (Lipinski definition) is 3. The summed E-state index contributed by atoms with van der Waals surface area (Å²) in [5.41, 5.74) is 1.73. The van der Waals surface area contributed by atoms with Crippen LogP contribution >= 0.6 is 24.0 Å². The van der Waals surface area contributed by atoms with Crippen LogP contribution in [0.5, 0.6) is 5.75 Å². The fourth-order valence-electron chi connectivity index (χ4n) is 3.48. The summed E-state index contributed by atoms with van der Waals surface area (Å²) < 4.78 is 6.08. The lowest BCUT2D eigenvalue weighted by atomic mass is 10.1. The second-order valence-electron chi connectivity index (χ2n) is 7.08. The zero-order valence-electron chi connectivity index (χ0n) is 17.6. The SMILES string of the molecule is CCNC(=O)c1cccc(CNC(=NC)N2CCC(Oc3ccccc3)CC2)c1.I. The minimum Gasteiger partial charge on any atom is -0.490 e. The molecule has 3 rings (SSSR count). The van der Waals surface area contributed by atoms with Crippen LogP contribution in [0.15, 0.2) is 59.6 Å². The number of para-hydroxylation sites is 1. The lowest BCUT2D eigenvalue weighted by Gasteiger charge is -2.34. The van der Waals surface area contributed by atoms with Gasteiger partial charge in [-0.25, -0.2) is 0 Å². The highest BCUT2D eigenvalue weighted by atomic mass is 127. The number of aliphatic imine (C=N–C) groups is 1. The Kier molecular flexibility index (Phi) is 9.93. The van der Waals surface area contributed by atoms with Crippen LogP contribution in [-0.2, 0) is 6.54 Å². The highest BCUT2D eigenvalue weighted by Gasteiger charge is 2.22. The maximum Gasteiger partial charge on any atom is 0.251 e. The molecule has 1 heterocycles. The van der Waals surface area contributed by atoms with E-state index in [0.29, 0.717) is 18.7 Å². The number of amides is 1. The first-order chi connectivity index (χ1) is 14.2. The molecule has 1 aliphatic rings. The van der Waals surface area contributed by atoms with Crippen molar-refractivity contribution in [3.8, 4) is 5.75 Å². The monoisotopic (exact) mass is 522 g/mol. The third-order valence-corrected chi connectivity index (χ3v) is 4.98. The summed E-state index contributed by atoms with van der Waals surface area (Å²) in [4.78, 5) is 18.7. The van der Waals surface area contributed by atoms with E-state index in [0.717, 1.165) is 43.2 Å². The number of ether oxygens (including phenoxy) is 1. The van der Waals surface area contributed by atoms with Crippen molar-refractivity contribution in [2.24, 2.45) is 4.99 Å². The van der Waals surface area contributed by atoms with Crippen LogP contribution in [-0.4, -0.2) is 49.6 Å². The van der Waals surface area contributed by atoms with Gasteiger partial charge in [0.2, 0.25) is 0 Å². The number of halogens is 1. The summed E-state index contributed by atoms with van der Waals surface area (Å²) in [6, 6.07) is 17.7. The summed E-state index contributed by atoms with van der Waals surface area (Å²) in [7, 11) is 1.81. The number of guanidine groups is 1. The molecule has 0 atom stereocenters. The Balaban J connectivity index is 0.00000320. The lowest BCUT2D eigenvalue weighted by molar-refractivity contribution is 0.0955. The molecule has 0 aromatic heterocycles. The van der Waals surface area contributed by atoms with Gasteiger partial charge in [0, 0.05) is 51.6 Å². The maximum absolute atomic E-state index is 12.0. The summed E-state index contributed by atoms with van der Waals surface area (Å²) in [6.45, 7) is 4.96. The summed E-state index contributed by atoms with van der Waals surface area (Å²) >= 11 is 0. The molecule has 2 N–H and O–H groups in total. The zero-order chi connectivity index (χ0) is 20.5. The summed E-state index contributed by atoms with van der Waals surface area (Å²) in [5.74, 6) is 1.77. The van der Waals surface area contributed by atoms with Crippen molar-refractivity contribution in [3.63, 3.8) is 0 Å². The van der Waals surface area contributed by atoms with E-state index >= 15 is 0 Å². The summed E-state index contributed by atoms with van der Waals surface area (Å²) in [5, 5.41) is 6.26. The van der Waals surface area contributed by atoms with Gasteiger partial charge in [-0.2, -0.15) is 0 Å². The van der Waals surface area contributed by atoms with Crippen LogP contribution in [0.3, 0.4) is 0 Å². The van der Waals surface area contributed by atoms with Gasteiger partial charge in [-0.05, 0) is 36.8 Å². The number of rotatable bonds is 6. The largest absolute Gasteiger partial charge is 0.490 e. The smallest absolute Gasteiger partial charge is 0.251 e. The molecule has 0 bridgehead atoms. The van der Waals surface area contributed by atoms with Crippen LogP contribution in [0.4, 0.5) is 0 Å². The van der Waals surface area contributed by atoms with Crippen LogP contribution in [0.1, 0.15) is 35.7 Å². The van der Waals surface area contributed by atoms with Gasteiger partial charge in [-0.3, -0.25) is 9.79 Å². The molecule has 2 aromatic carbocycles. The quantitative estimate of drug-likeness (QED) is 0.345. The number of piperidine rings is 1. The fraction of sp³-hybridized carbons (Fsp3) is 0.391. The molecule has 7 heteroatoms. The molecule has 1 fully saturated rings. The first-order valence-corrected chi connectivity index (χ1v) is 10.2. The maximum atomic E-state index is 12.0. The molecule has 0 saturated carbocycles. The first kappa shape index (κ1) is 24.0. The zero-order valence-corrected chi connectivity index (χ0v) is 20.0. The van der Waals surface area contributed by atoms with E-state index in [1.165, 1.54) is 0 Å². The van der Waals surface area contributed by atoms with E-state index in [1.54, 1.807) is 7.05 Å². The molecule has 0 unspecified atom stereocenters. The number of likely N-dealkylation sites (tertiary alicyclic amines) is 1. The van der Waals surface area contributed by atoms with Crippen LogP contribution in [0, 0.1) is 0 Å². The van der Waals surface area contributed by atoms with E-state index in [9.17, 15) is 4.79 Å². The number of nitrogens with zero attached hydrogens (tertiary/aromatic N) is 2. The molecule has 1 aliphatic heterocycles. The Labute approximate surface area is 196 Å². The van der Waals surface area contributed by atoms with Crippen molar-refractivity contribution in [3.05, 3.63) is 65.7 Å². The van der Waals surface area contributed by atoms with Gasteiger partial charge < -0.3 is 20.3 Å². The molecule has 0 spiro atoms. The number of carbonyl (C=O) groups is 1. The number of nitrogens with one attached hydrogen (secondary N) is 2. The predicted octanol–water partition coefficient (Wildman–Crippen LogP) is 3.67. The third-order valence-electron chi connectivity index (χ3n) is 4.98. The van der Waals surface area contributed by atoms with Gasteiger partial charge in [0.05, 0.1) is 0 Å². The van der Waals surface area contributed by atoms with Crippen molar-refractivity contribution in [1.29, 1.82) is 0 Å². The molecule has 1 amide bonds. The van der Waals surface area contributed by atoms with Gasteiger partial charge in [0.15, 0.2) is 5.96 Å². The molecule has 162 valence electrons. The van der Waals surface area contributed by atoms with Gasteiger partial charge in [-0.1, -0.05) is 30.3 Å². The van der Waals surface area contributed by atoms with Crippen molar-refractivity contribution in [2.45, 2.75) is 32.4 Å². The van der Waals surface area contributed by atoms with E-state index in [2.05, 4.69) is 20.5 Å². The fourth-order valence-corrected chi connectivity index (χ4v) is 3.48. The highest BCUT2D eigenvalue weighted by molar-refractivity contribution is 14.0. The van der Waals surface area contributed by atoms with Crippen molar-refractivity contribution < 1.29 is 9.53 Å². The number of benzene rings is 2. The van der Waals surface area contributed by atoms with E-state index in [-0.39, 0.29) is 36.0 Å². The van der Waals surface area contributed by atoms with Gasteiger partial charge in [0.25, 0.3) is 5.91 Å². The molecular formula is C23H31IN4O2. The Morgan fingerprint density at radius 3 is 2.50 bits per heavy atom. The summed E-state index contributed by atoms with van der Waals surface area (Å²) in [6.07, 6.45) is 2.16. The van der Waals surface area contributed by atoms with E-state index in [4.69, 9.17) is 4.74 Å². The topological polar surface area (TPSA) is 66.0 Å². The molecule has 2 aromatic rings. The Hall–Kier alpha value is -2.29. The average molecular weight is 522 g/mol. The second-order valence-corrected chi connectivity index (χ2v) is 7.08. The van der Waals surface area contributed by atoms with E-state index in [1.807, 2.05) is 61.5 Å². The van der Waals surface area contributed by atoms with Crippen molar-refractivity contribution >= 4 is 35.8 Å². The van der Waals surface area contributed by atoms with Crippen LogP contribution in [0.25, 0.3) is 0 Å². The standard InChI is InChI=1S/C23H30N4O2.HI/c1-3-25-22(28)19-9-7-8-18(16-19)17-26-23(24-2)27-14-12-21(13-15-27)29-20-10-5-4-6-11-20;/h4-11,16,21H,3,12-15,17H2,1-2H3,(H,24,26)(H,25,28);1H. The van der Waals surface area contributed by atoms with Crippen LogP contribution in [0.2, 0.25) is 0 Å². The molecule has 0 radical (unpaired) electrons. The van der Waals surface area contributed by atoms with Crippen molar-refractivity contribution in [1.82, 2.24) is 15.5 Å². The molecular weight excluding hydrogens is 491 g/mol. The minimum absolute atomic E-state index is 0. The average Bonchev–Trinajstić information content (AvgIpc) is 2.76. The third kappa shape index (κ3) is 6.90. The minimum atomic E-state index is -0.0424. The van der Waals surface area contributed by atoms with Gasteiger partial charge >= 0.3 is 0 Å². The molecule has 0 aliphatic carbocycles.